The zero-order chi connectivity index (χ0) is 12.2. The van der Waals surface area contributed by atoms with Crippen molar-refractivity contribution < 1.29 is 4.79 Å². The summed E-state index contributed by atoms with van der Waals surface area (Å²) in [6.07, 6.45) is 0. The summed E-state index contributed by atoms with van der Waals surface area (Å²) >= 11 is 5.57. The van der Waals surface area contributed by atoms with Crippen LogP contribution in [-0.2, 0) is 10.3 Å². The van der Waals surface area contributed by atoms with E-state index in [0.29, 0.717) is 5.03 Å². The molecule has 0 radical (unpaired) electrons. The molecule has 0 saturated heterocycles. The van der Waals surface area contributed by atoms with Gasteiger partial charge < -0.3 is 11.1 Å². The van der Waals surface area contributed by atoms with Crippen LogP contribution in [0.2, 0.25) is 0 Å². The van der Waals surface area contributed by atoms with Gasteiger partial charge in [0.25, 0.3) is 0 Å². The fraction of sp³-hybridized carbons (Fsp3) is 0.250. The maximum atomic E-state index is 11.8. The predicted octanol–water partition coefficient (Wildman–Crippen LogP) is 1.73. The molecule has 0 saturated carbocycles. The molecule has 1 unspecified atom stereocenters. The summed E-state index contributed by atoms with van der Waals surface area (Å²) < 4.78 is 0. The second-order valence-electron chi connectivity index (χ2n) is 3.77. The number of carbonyl (C=O) groups is 1. The van der Waals surface area contributed by atoms with E-state index in [0.717, 1.165) is 5.56 Å². The van der Waals surface area contributed by atoms with E-state index in [4.69, 9.17) is 17.3 Å². The topological polar surface area (TPSA) is 55.1 Å². The highest BCUT2D eigenvalue weighted by Gasteiger charge is 2.29. The van der Waals surface area contributed by atoms with Crippen LogP contribution in [0.5, 0.6) is 0 Å². The summed E-state index contributed by atoms with van der Waals surface area (Å²) in [6.45, 7) is 5.38. The average Bonchev–Trinajstić information content (AvgIpc) is 2.27. The van der Waals surface area contributed by atoms with Crippen molar-refractivity contribution in [2.75, 3.05) is 6.54 Å². The summed E-state index contributed by atoms with van der Waals surface area (Å²) in [5.41, 5.74) is 5.68. The van der Waals surface area contributed by atoms with Crippen molar-refractivity contribution in [3.63, 3.8) is 0 Å². The van der Waals surface area contributed by atoms with Crippen LogP contribution in [0.4, 0.5) is 0 Å². The molecule has 4 heteroatoms. The Bertz CT molecular complexity index is 387. The number of hydrogen-bond donors (Lipinski definition) is 2. The van der Waals surface area contributed by atoms with Crippen molar-refractivity contribution in [3.8, 4) is 0 Å². The van der Waals surface area contributed by atoms with Crippen LogP contribution in [0.25, 0.3) is 0 Å². The minimum atomic E-state index is -1.06. The van der Waals surface area contributed by atoms with Crippen LogP contribution < -0.4 is 11.1 Å². The summed E-state index contributed by atoms with van der Waals surface area (Å²) in [4.78, 5) is 11.8. The van der Waals surface area contributed by atoms with Crippen LogP contribution in [0.3, 0.4) is 0 Å². The monoisotopic (exact) mass is 238 g/mol. The Morgan fingerprint density at radius 1 is 1.50 bits per heavy atom. The Kier molecular flexibility index (Phi) is 4.10. The SMILES string of the molecule is C=C(Cl)CNC(=O)C(C)(N)c1ccccc1. The Morgan fingerprint density at radius 2 is 2.06 bits per heavy atom. The fourth-order valence-corrected chi connectivity index (χ4v) is 1.34. The Morgan fingerprint density at radius 3 is 2.56 bits per heavy atom. The minimum absolute atomic E-state index is 0.222. The Balaban J connectivity index is 2.78. The molecule has 3 N–H and O–H groups in total. The van der Waals surface area contributed by atoms with E-state index in [9.17, 15) is 4.79 Å². The van der Waals surface area contributed by atoms with Gasteiger partial charge in [-0.25, -0.2) is 0 Å². The number of nitrogens with two attached hydrogens (primary N) is 1. The maximum Gasteiger partial charge on any atom is 0.244 e. The summed E-state index contributed by atoms with van der Waals surface area (Å²) in [7, 11) is 0. The van der Waals surface area contributed by atoms with E-state index in [1.165, 1.54) is 0 Å². The van der Waals surface area contributed by atoms with Crippen molar-refractivity contribution in [2.24, 2.45) is 5.73 Å². The van der Waals surface area contributed by atoms with Gasteiger partial charge in [0.15, 0.2) is 0 Å². The van der Waals surface area contributed by atoms with Gasteiger partial charge in [-0.15, -0.1) is 0 Å². The first-order valence-electron chi connectivity index (χ1n) is 4.90. The van der Waals surface area contributed by atoms with Crippen LogP contribution in [0.15, 0.2) is 41.9 Å². The highest BCUT2D eigenvalue weighted by atomic mass is 35.5. The number of nitrogens with one attached hydrogen (secondary N) is 1. The van der Waals surface area contributed by atoms with Gasteiger partial charge in [0.2, 0.25) is 5.91 Å². The second kappa shape index (κ2) is 5.14. The van der Waals surface area contributed by atoms with Crippen molar-refractivity contribution in [2.45, 2.75) is 12.5 Å². The molecule has 0 bridgehead atoms. The Labute approximate surface area is 100 Å². The van der Waals surface area contributed by atoms with E-state index in [2.05, 4.69) is 11.9 Å². The van der Waals surface area contributed by atoms with Gasteiger partial charge >= 0.3 is 0 Å². The number of halogens is 1. The number of rotatable bonds is 4. The molecule has 1 atom stereocenters. The quantitative estimate of drug-likeness (QED) is 0.840. The molecule has 1 aromatic carbocycles. The molecule has 0 aromatic heterocycles. The van der Waals surface area contributed by atoms with Crippen LogP contribution in [0, 0.1) is 0 Å². The lowest BCUT2D eigenvalue weighted by Crippen LogP contribution is -2.49. The highest BCUT2D eigenvalue weighted by molar-refractivity contribution is 6.29. The second-order valence-corrected chi connectivity index (χ2v) is 4.30. The number of benzene rings is 1. The standard InChI is InChI=1S/C12H15ClN2O/c1-9(13)8-15-11(16)12(2,14)10-6-4-3-5-7-10/h3-7H,1,8,14H2,2H3,(H,15,16). The lowest BCUT2D eigenvalue weighted by atomic mass is 9.92. The first-order chi connectivity index (χ1) is 7.44. The van der Waals surface area contributed by atoms with E-state index in [-0.39, 0.29) is 12.5 Å². The molecule has 86 valence electrons. The first-order valence-corrected chi connectivity index (χ1v) is 5.28. The zero-order valence-electron chi connectivity index (χ0n) is 9.16. The van der Waals surface area contributed by atoms with Gasteiger partial charge in [-0.2, -0.15) is 0 Å². The molecule has 0 aliphatic rings. The van der Waals surface area contributed by atoms with Crippen LogP contribution in [-0.4, -0.2) is 12.5 Å². The average molecular weight is 239 g/mol. The molecule has 1 aromatic rings. The summed E-state index contributed by atoms with van der Waals surface area (Å²) in [5.74, 6) is -0.277. The molecule has 0 aliphatic heterocycles. The van der Waals surface area contributed by atoms with E-state index in [1.54, 1.807) is 6.92 Å². The third-order valence-corrected chi connectivity index (χ3v) is 2.42. The van der Waals surface area contributed by atoms with E-state index < -0.39 is 5.54 Å². The highest BCUT2D eigenvalue weighted by Crippen LogP contribution is 2.17. The molecule has 0 spiro atoms. The molecular formula is C12H15ClN2O. The molecule has 0 fully saturated rings. The minimum Gasteiger partial charge on any atom is -0.349 e. The fourth-order valence-electron chi connectivity index (χ4n) is 1.28. The normalized spacial score (nSPS) is 13.9. The maximum absolute atomic E-state index is 11.8. The largest absolute Gasteiger partial charge is 0.349 e. The number of carbonyl (C=O) groups excluding carboxylic acids is 1. The van der Waals surface area contributed by atoms with Crippen LogP contribution >= 0.6 is 11.6 Å². The van der Waals surface area contributed by atoms with Crippen molar-refractivity contribution >= 4 is 17.5 Å². The third-order valence-electron chi connectivity index (χ3n) is 2.29. The molecule has 0 heterocycles. The lowest BCUT2D eigenvalue weighted by molar-refractivity contribution is -0.125. The van der Waals surface area contributed by atoms with Crippen molar-refractivity contribution in [3.05, 3.63) is 47.5 Å². The van der Waals surface area contributed by atoms with Gasteiger partial charge in [0.1, 0.15) is 5.54 Å². The van der Waals surface area contributed by atoms with Crippen molar-refractivity contribution in [1.82, 2.24) is 5.32 Å². The van der Waals surface area contributed by atoms with E-state index >= 15 is 0 Å². The number of amides is 1. The molecular weight excluding hydrogens is 224 g/mol. The summed E-state index contributed by atoms with van der Waals surface area (Å²) in [5, 5.41) is 3.00. The predicted molar refractivity (Wildman–Crippen MR) is 66.0 cm³/mol. The van der Waals surface area contributed by atoms with Gasteiger partial charge in [0.05, 0.1) is 6.54 Å². The van der Waals surface area contributed by atoms with Gasteiger partial charge in [0, 0.05) is 5.03 Å². The van der Waals surface area contributed by atoms with Gasteiger partial charge in [-0.3, -0.25) is 4.79 Å². The Hall–Kier alpha value is -1.32. The number of hydrogen-bond acceptors (Lipinski definition) is 2. The molecule has 3 nitrogen and oxygen atoms in total. The third kappa shape index (κ3) is 3.08. The van der Waals surface area contributed by atoms with Crippen molar-refractivity contribution in [1.29, 1.82) is 0 Å². The van der Waals surface area contributed by atoms with Crippen LogP contribution in [0.1, 0.15) is 12.5 Å². The van der Waals surface area contributed by atoms with E-state index in [1.807, 2.05) is 30.3 Å². The molecule has 16 heavy (non-hydrogen) atoms. The molecule has 1 amide bonds. The summed E-state index contributed by atoms with van der Waals surface area (Å²) in [6, 6.07) is 9.19. The molecule has 1 rings (SSSR count). The van der Waals surface area contributed by atoms with Gasteiger partial charge in [-0.05, 0) is 12.5 Å². The molecule has 0 aliphatic carbocycles. The van der Waals surface area contributed by atoms with Gasteiger partial charge in [-0.1, -0.05) is 48.5 Å². The first kappa shape index (κ1) is 12.7. The lowest BCUT2D eigenvalue weighted by Gasteiger charge is -2.23. The zero-order valence-corrected chi connectivity index (χ0v) is 9.92. The smallest absolute Gasteiger partial charge is 0.244 e.